The molecule has 2 aliphatic rings. The number of halogens is 3. The Morgan fingerprint density at radius 3 is 2.55 bits per heavy atom. The molecule has 176 valence electrons. The summed E-state index contributed by atoms with van der Waals surface area (Å²) >= 11 is 0. The Hall–Kier alpha value is -1.56. The van der Waals surface area contributed by atoms with Crippen LogP contribution in [0.5, 0.6) is 17.2 Å². The summed E-state index contributed by atoms with van der Waals surface area (Å²) in [5, 5.41) is 6.61. The first kappa shape index (κ1) is 25.7. The van der Waals surface area contributed by atoms with Gasteiger partial charge in [0.15, 0.2) is 17.5 Å². The molecule has 0 amide bonds. The van der Waals surface area contributed by atoms with Gasteiger partial charge < -0.3 is 29.7 Å². The number of fused-ring (bicyclic) bond motifs is 1. The van der Waals surface area contributed by atoms with Crippen molar-refractivity contribution in [3.63, 3.8) is 0 Å². The summed E-state index contributed by atoms with van der Waals surface area (Å²) in [6.07, 6.45) is 3.53. The number of piperidine rings is 1. The zero-order valence-corrected chi connectivity index (χ0v) is 20.5. The molecule has 0 atom stereocenters. The lowest BCUT2D eigenvalue weighted by Gasteiger charge is -2.32. The lowest BCUT2D eigenvalue weighted by molar-refractivity contribution is -0.0505. The predicted octanol–water partition coefficient (Wildman–Crippen LogP) is 3.81. The van der Waals surface area contributed by atoms with Gasteiger partial charge in [-0.05, 0) is 57.8 Å². The molecule has 0 aromatic heterocycles. The molecule has 0 spiro atoms. The molecule has 0 radical (unpaired) electrons. The van der Waals surface area contributed by atoms with Crippen LogP contribution in [0.1, 0.15) is 38.7 Å². The lowest BCUT2D eigenvalue weighted by Crippen LogP contribution is -2.43. The lowest BCUT2D eigenvalue weighted by atomic mass is 9.97. The fraction of sp³-hybridized carbons (Fsp3) is 0.667. The number of hydrogen-bond acceptors (Lipinski definition) is 5. The highest BCUT2D eigenvalue weighted by Gasteiger charge is 2.21. The first-order chi connectivity index (χ1) is 14.6. The highest BCUT2D eigenvalue weighted by molar-refractivity contribution is 14.0. The van der Waals surface area contributed by atoms with Crippen LogP contribution in [0.2, 0.25) is 0 Å². The van der Waals surface area contributed by atoms with Crippen LogP contribution in [0.3, 0.4) is 0 Å². The van der Waals surface area contributed by atoms with Gasteiger partial charge >= 0.3 is 6.61 Å². The first-order valence-corrected chi connectivity index (χ1v) is 10.7. The number of nitrogens with zero attached hydrogens (tertiary/aromatic N) is 2. The second-order valence-corrected chi connectivity index (χ2v) is 7.55. The number of alkyl halides is 2. The Bertz CT molecular complexity index is 716. The molecule has 31 heavy (non-hydrogen) atoms. The van der Waals surface area contributed by atoms with Crippen molar-refractivity contribution in [2.45, 2.75) is 46.3 Å². The van der Waals surface area contributed by atoms with Crippen molar-refractivity contribution < 1.29 is 23.0 Å². The number of guanidine groups is 1. The summed E-state index contributed by atoms with van der Waals surface area (Å²) in [6.45, 7) is 6.53. The molecule has 1 fully saturated rings. The second kappa shape index (κ2) is 13.1. The molecular weight excluding hydrogens is 521 g/mol. The monoisotopic (exact) mass is 554 g/mol. The summed E-state index contributed by atoms with van der Waals surface area (Å²) in [5.74, 6) is 2.23. The molecular formula is C21H33F2IN4O3. The summed E-state index contributed by atoms with van der Waals surface area (Å²) < 4.78 is 40.9. The van der Waals surface area contributed by atoms with Crippen LogP contribution in [-0.4, -0.2) is 57.0 Å². The van der Waals surface area contributed by atoms with E-state index in [1.165, 1.54) is 31.9 Å². The van der Waals surface area contributed by atoms with E-state index in [-0.39, 0.29) is 43.1 Å². The number of aliphatic imine (C=N–C) groups is 1. The van der Waals surface area contributed by atoms with Gasteiger partial charge in [0, 0.05) is 24.7 Å². The maximum Gasteiger partial charge on any atom is 0.387 e. The van der Waals surface area contributed by atoms with Gasteiger partial charge in [-0.2, -0.15) is 8.78 Å². The van der Waals surface area contributed by atoms with E-state index in [2.05, 4.69) is 32.2 Å². The van der Waals surface area contributed by atoms with Crippen molar-refractivity contribution in [2.24, 2.45) is 10.9 Å². The third kappa shape index (κ3) is 7.81. The van der Waals surface area contributed by atoms with E-state index in [4.69, 9.17) is 9.47 Å². The van der Waals surface area contributed by atoms with Crippen LogP contribution in [0.4, 0.5) is 8.78 Å². The largest absolute Gasteiger partial charge is 0.454 e. The van der Waals surface area contributed by atoms with Gasteiger partial charge in [0.25, 0.3) is 0 Å². The summed E-state index contributed by atoms with van der Waals surface area (Å²) in [7, 11) is 0. The highest BCUT2D eigenvalue weighted by atomic mass is 127. The SMILES string of the molecule is CCCN1CCC(CNC(=NCc2cc3c(cc2OC(F)F)OCO3)NCC)CC1.I. The Morgan fingerprint density at radius 1 is 1.19 bits per heavy atom. The average Bonchev–Trinajstić information content (AvgIpc) is 3.18. The maximum absolute atomic E-state index is 12.8. The first-order valence-electron chi connectivity index (χ1n) is 10.7. The van der Waals surface area contributed by atoms with Gasteiger partial charge in [0.2, 0.25) is 6.79 Å². The Kier molecular flexibility index (Phi) is 10.9. The second-order valence-electron chi connectivity index (χ2n) is 7.55. The molecule has 1 saturated heterocycles. The summed E-state index contributed by atoms with van der Waals surface area (Å²) in [4.78, 5) is 7.08. The van der Waals surface area contributed by atoms with Crippen LogP contribution in [0, 0.1) is 5.92 Å². The number of benzene rings is 1. The van der Waals surface area contributed by atoms with E-state index < -0.39 is 6.61 Å². The van der Waals surface area contributed by atoms with E-state index in [9.17, 15) is 8.78 Å². The van der Waals surface area contributed by atoms with Gasteiger partial charge in [0.05, 0.1) is 6.54 Å². The average molecular weight is 554 g/mol. The third-order valence-corrected chi connectivity index (χ3v) is 5.33. The number of rotatable bonds is 9. The predicted molar refractivity (Wildman–Crippen MR) is 127 cm³/mol. The Balaban J connectivity index is 0.00000341. The van der Waals surface area contributed by atoms with E-state index in [0.717, 1.165) is 19.6 Å². The molecule has 0 saturated carbocycles. The zero-order chi connectivity index (χ0) is 21.3. The molecule has 0 unspecified atom stereocenters. The molecule has 2 N–H and O–H groups in total. The highest BCUT2D eigenvalue weighted by Crippen LogP contribution is 2.39. The molecule has 10 heteroatoms. The van der Waals surface area contributed by atoms with Gasteiger partial charge in [-0.3, -0.25) is 0 Å². The molecule has 0 aliphatic carbocycles. The topological polar surface area (TPSA) is 67.4 Å². The van der Waals surface area contributed by atoms with Crippen molar-refractivity contribution in [1.82, 2.24) is 15.5 Å². The molecule has 2 heterocycles. The molecule has 7 nitrogen and oxygen atoms in total. The van der Waals surface area contributed by atoms with Crippen LogP contribution in [-0.2, 0) is 6.54 Å². The van der Waals surface area contributed by atoms with Gasteiger partial charge in [-0.25, -0.2) is 4.99 Å². The van der Waals surface area contributed by atoms with E-state index in [0.29, 0.717) is 35.5 Å². The summed E-state index contributed by atoms with van der Waals surface area (Å²) in [6, 6.07) is 3.08. The van der Waals surface area contributed by atoms with Crippen molar-refractivity contribution in [1.29, 1.82) is 0 Å². The minimum absolute atomic E-state index is 0. The van der Waals surface area contributed by atoms with Gasteiger partial charge in [-0.1, -0.05) is 6.92 Å². The fourth-order valence-electron chi connectivity index (χ4n) is 3.77. The smallest absolute Gasteiger partial charge is 0.387 e. The van der Waals surface area contributed by atoms with Crippen LogP contribution < -0.4 is 24.8 Å². The van der Waals surface area contributed by atoms with E-state index >= 15 is 0 Å². The Labute approximate surface area is 199 Å². The normalized spacial score (nSPS) is 16.9. The van der Waals surface area contributed by atoms with Crippen molar-refractivity contribution in [2.75, 3.05) is 39.5 Å². The Morgan fingerprint density at radius 2 is 1.90 bits per heavy atom. The zero-order valence-electron chi connectivity index (χ0n) is 18.2. The number of nitrogens with one attached hydrogen (secondary N) is 2. The maximum atomic E-state index is 12.8. The van der Waals surface area contributed by atoms with Crippen LogP contribution >= 0.6 is 24.0 Å². The minimum Gasteiger partial charge on any atom is -0.454 e. The molecule has 0 bridgehead atoms. The van der Waals surface area contributed by atoms with Crippen LogP contribution in [0.15, 0.2) is 17.1 Å². The van der Waals surface area contributed by atoms with E-state index in [1.807, 2.05) is 6.92 Å². The third-order valence-electron chi connectivity index (χ3n) is 5.33. The molecule has 3 rings (SSSR count). The van der Waals surface area contributed by atoms with Crippen LogP contribution in [0.25, 0.3) is 0 Å². The van der Waals surface area contributed by atoms with Crippen molar-refractivity contribution >= 4 is 29.9 Å². The van der Waals surface area contributed by atoms with Crippen molar-refractivity contribution in [3.8, 4) is 17.2 Å². The number of likely N-dealkylation sites (tertiary alicyclic amines) is 1. The van der Waals surface area contributed by atoms with Crippen molar-refractivity contribution in [3.05, 3.63) is 17.7 Å². The molecule has 1 aromatic rings. The fourth-order valence-corrected chi connectivity index (χ4v) is 3.77. The molecule has 1 aromatic carbocycles. The number of hydrogen-bond donors (Lipinski definition) is 2. The standard InChI is InChI=1S/C21H32F2N4O3.HI/c1-3-7-27-8-5-15(6-9-27)12-25-21(24-4-2)26-13-16-10-18-19(29-14-28-18)11-17(16)30-20(22)23;/h10-11,15,20H,3-9,12-14H2,1-2H3,(H2,24,25,26);1H. The quantitative estimate of drug-likeness (QED) is 0.275. The summed E-state index contributed by atoms with van der Waals surface area (Å²) in [5.41, 5.74) is 0.518. The van der Waals surface area contributed by atoms with Gasteiger partial charge in [0.1, 0.15) is 5.75 Å². The van der Waals surface area contributed by atoms with Gasteiger partial charge in [-0.15, -0.1) is 24.0 Å². The number of ether oxygens (including phenoxy) is 3. The van der Waals surface area contributed by atoms with E-state index in [1.54, 1.807) is 6.07 Å². The minimum atomic E-state index is -2.92. The molecule has 2 aliphatic heterocycles.